The highest BCUT2D eigenvalue weighted by atomic mass is 16.6. The summed E-state index contributed by atoms with van der Waals surface area (Å²) in [6.07, 6.45) is 5.89. The SMILES string of the molecule is CC(CCC(C)COC(=O)N1CC2CCC1CO2)COC(=O)N(C)C1CC1. The van der Waals surface area contributed by atoms with Gasteiger partial charge in [-0.3, -0.25) is 0 Å². The summed E-state index contributed by atoms with van der Waals surface area (Å²) in [7, 11) is 1.81. The first kappa shape index (κ1) is 20.2. The van der Waals surface area contributed by atoms with Crippen molar-refractivity contribution in [2.45, 2.75) is 70.6 Å². The Labute approximate surface area is 162 Å². The van der Waals surface area contributed by atoms with Gasteiger partial charge < -0.3 is 24.0 Å². The molecule has 0 aromatic rings. The number of carbonyl (C=O) groups excluding carboxylic acids is 2. The van der Waals surface area contributed by atoms with E-state index in [9.17, 15) is 9.59 Å². The molecule has 3 saturated heterocycles. The molecule has 3 aliphatic heterocycles. The van der Waals surface area contributed by atoms with E-state index in [0.29, 0.717) is 44.2 Å². The Hall–Kier alpha value is -1.50. The maximum Gasteiger partial charge on any atom is 0.410 e. The van der Waals surface area contributed by atoms with E-state index in [0.717, 1.165) is 38.5 Å². The van der Waals surface area contributed by atoms with Crippen LogP contribution in [0.25, 0.3) is 0 Å². The summed E-state index contributed by atoms with van der Waals surface area (Å²) in [5, 5.41) is 0. The van der Waals surface area contributed by atoms with Gasteiger partial charge in [0.25, 0.3) is 0 Å². The molecule has 4 atom stereocenters. The monoisotopic (exact) mass is 382 g/mol. The van der Waals surface area contributed by atoms with Gasteiger partial charge in [-0.2, -0.15) is 0 Å². The zero-order valence-electron chi connectivity index (χ0n) is 16.9. The minimum absolute atomic E-state index is 0.182. The van der Waals surface area contributed by atoms with E-state index in [1.54, 1.807) is 11.9 Å². The van der Waals surface area contributed by atoms with Crippen molar-refractivity contribution in [2.75, 3.05) is 33.4 Å². The van der Waals surface area contributed by atoms with Crippen LogP contribution >= 0.6 is 0 Å². The molecule has 4 fully saturated rings. The normalized spacial score (nSPS) is 26.4. The molecule has 2 bridgehead atoms. The molecule has 4 unspecified atom stereocenters. The zero-order valence-corrected chi connectivity index (χ0v) is 16.9. The Balaban J connectivity index is 1.27. The van der Waals surface area contributed by atoms with Crippen molar-refractivity contribution < 1.29 is 23.8 Å². The summed E-state index contributed by atoms with van der Waals surface area (Å²) in [6.45, 7) is 6.37. The van der Waals surface area contributed by atoms with Gasteiger partial charge in [-0.15, -0.1) is 0 Å². The number of hydrogen-bond donors (Lipinski definition) is 0. The fourth-order valence-electron chi connectivity index (χ4n) is 3.73. The van der Waals surface area contributed by atoms with Gasteiger partial charge >= 0.3 is 12.2 Å². The van der Waals surface area contributed by atoms with Crippen LogP contribution in [-0.4, -0.2) is 73.6 Å². The molecule has 4 rings (SSSR count). The first-order valence-electron chi connectivity index (χ1n) is 10.4. The molecule has 0 aromatic heterocycles. The molecule has 1 aliphatic carbocycles. The van der Waals surface area contributed by atoms with Crippen molar-refractivity contribution in [3.05, 3.63) is 0 Å². The highest BCUT2D eigenvalue weighted by Crippen LogP contribution is 2.27. The number of amides is 2. The van der Waals surface area contributed by atoms with E-state index in [1.165, 1.54) is 0 Å². The molecule has 0 aromatic carbocycles. The molecular weight excluding hydrogens is 348 g/mol. The van der Waals surface area contributed by atoms with Crippen molar-refractivity contribution >= 4 is 12.2 Å². The molecule has 7 heteroatoms. The number of piperidine rings is 1. The standard InChI is InChI=1S/C20H34N2O5/c1-14(11-26-19(23)21(3)16-6-7-16)4-5-15(2)12-27-20(24)22-10-18-9-8-17(22)13-25-18/h14-18H,4-13H2,1-3H3. The maximum absolute atomic E-state index is 12.3. The number of carbonyl (C=O) groups is 2. The van der Waals surface area contributed by atoms with Gasteiger partial charge in [0, 0.05) is 13.1 Å². The van der Waals surface area contributed by atoms with Crippen molar-refractivity contribution in [1.29, 1.82) is 0 Å². The second-order valence-corrected chi connectivity index (χ2v) is 8.62. The Morgan fingerprint density at radius 1 is 1.07 bits per heavy atom. The lowest BCUT2D eigenvalue weighted by Crippen LogP contribution is -2.56. The molecule has 4 aliphatic rings. The highest BCUT2D eigenvalue weighted by Gasteiger charge is 2.38. The number of morpholine rings is 1. The fraction of sp³-hybridized carbons (Fsp3) is 0.900. The average molecular weight is 383 g/mol. The molecule has 0 N–H and O–H groups in total. The molecule has 154 valence electrons. The number of ether oxygens (including phenoxy) is 3. The second kappa shape index (κ2) is 9.13. The molecule has 0 radical (unpaired) electrons. The second-order valence-electron chi connectivity index (χ2n) is 8.62. The summed E-state index contributed by atoms with van der Waals surface area (Å²) in [4.78, 5) is 27.7. The molecule has 0 spiro atoms. The number of fused-ring (bicyclic) bond motifs is 3. The van der Waals surface area contributed by atoms with Gasteiger partial charge in [-0.1, -0.05) is 13.8 Å². The van der Waals surface area contributed by atoms with Crippen LogP contribution < -0.4 is 0 Å². The van der Waals surface area contributed by atoms with E-state index in [4.69, 9.17) is 14.2 Å². The van der Waals surface area contributed by atoms with Crippen molar-refractivity contribution in [1.82, 2.24) is 9.80 Å². The van der Waals surface area contributed by atoms with Crippen LogP contribution in [0.2, 0.25) is 0 Å². The van der Waals surface area contributed by atoms with Gasteiger partial charge in [0.1, 0.15) is 0 Å². The smallest absolute Gasteiger partial charge is 0.410 e. The number of nitrogens with zero attached hydrogens (tertiary/aromatic N) is 2. The van der Waals surface area contributed by atoms with Gasteiger partial charge in [0.2, 0.25) is 0 Å². The zero-order chi connectivity index (χ0) is 19.4. The van der Waals surface area contributed by atoms with Crippen molar-refractivity contribution in [3.8, 4) is 0 Å². The van der Waals surface area contributed by atoms with Crippen LogP contribution in [-0.2, 0) is 14.2 Å². The van der Waals surface area contributed by atoms with Gasteiger partial charge in [0.15, 0.2) is 0 Å². The first-order valence-corrected chi connectivity index (χ1v) is 10.4. The van der Waals surface area contributed by atoms with Crippen molar-refractivity contribution in [3.63, 3.8) is 0 Å². The van der Waals surface area contributed by atoms with Crippen LogP contribution in [0.1, 0.15) is 52.4 Å². The summed E-state index contributed by atoms with van der Waals surface area (Å²) in [6, 6.07) is 0.561. The quantitative estimate of drug-likeness (QED) is 0.644. The number of rotatable bonds is 8. The summed E-state index contributed by atoms with van der Waals surface area (Å²) < 4.78 is 16.5. The lowest BCUT2D eigenvalue weighted by Gasteiger charge is -2.44. The fourth-order valence-corrected chi connectivity index (χ4v) is 3.73. The van der Waals surface area contributed by atoms with Gasteiger partial charge in [0.05, 0.1) is 38.5 Å². The highest BCUT2D eigenvalue weighted by molar-refractivity contribution is 5.68. The molecule has 7 nitrogen and oxygen atoms in total. The Kier molecular flexibility index (Phi) is 6.84. The lowest BCUT2D eigenvalue weighted by atomic mass is 9.98. The topological polar surface area (TPSA) is 68.3 Å². The third-order valence-electron chi connectivity index (χ3n) is 5.94. The minimum atomic E-state index is -0.217. The van der Waals surface area contributed by atoms with E-state index < -0.39 is 0 Å². The molecular formula is C20H34N2O5. The van der Waals surface area contributed by atoms with E-state index in [2.05, 4.69) is 13.8 Å². The molecule has 3 heterocycles. The van der Waals surface area contributed by atoms with E-state index in [1.807, 2.05) is 4.90 Å². The molecule has 2 amide bonds. The Morgan fingerprint density at radius 3 is 2.26 bits per heavy atom. The summed E-state index contributed by atoms with van der Waals surface area (Å²) in [5.41, 5.74) is 0. The van der Waals surface area contributed by atoms with Crippen LogP contribution in [0.15, 0.2) is 0 Å². The summed E-state index contributed by atoms with van der Waals surface area (Å²) >= 11 is 0. The summed E-state index contributed by atoms with van der Waals surface area (Å²) in [5.74, 6) is 0.592. The predicted molar refractivity (Wildman–Crippen MR) is 101 cm³/mol. The number of hydrogen-bond acceptors (Lipinski definition) is 5. The van der Waals surface area contributed by atoms with E-state index in [-0.39, 0.29) is 24.3 Å². The van der Waals surface area contributed by atoms with Crippen LogP contribution in [0.4, 0.5) is 9.59 Å². The predicted octanol–water partition coefficient (Wildman–Crippen LogP) is 3.27. The lowest BCUT2D eigenvalue weighted by molar-refractivity contribution is -0.0983. The molecule has 27 heavy (non-hydrogen) atoms. The van der Waals surface area contributed by atoms with E-state index >= 15 is 0 Å². The third kappa shape index (κ3) is 5.74. The van der Waals surface area contributed by atoms with Crippen LogP contribution in [0.5, 0.6) is 0 Å². The van der Waals surface area contributed by atoms with Gasteiger partial charge in [-0.05, 0) is 50.4 Å². The first-order chi connectivity index (χ1) is 12.9. The minimum Gasteiger partial charge on any atom is -0.449 e. The van der Waals surface area contributed by atoms with Crippen molar-refractivity contribution in [2.24, 2.45) is 11.8 Å². The maximum atomic E-state index is 12.3. The largest absolute Gasteiger partial charge is 0.449 e. The third-order valence-corrected chi connectivity index (χ3v) is 5.94. The Morgan fingerprint density at radius 2 is 1.74 bits per heavy atom. The van der Waals surface area contributed by atoms with Gasteiger partial charge in [-0.25, -0.2) is 9.59 Å². The Bertz CT molecular complexity index is 517. The van der Waals surface area contributed by atoms with Crippen LogP contribution in [0, 0.1) is 11.8 Å². The molecule has 1 saturated carbocycles. The average Bonchev–Trinajstić information content (AvgIpc) is 3.54. The van der Waals surface area contributed by atoms with Crippen LogP contribution in [0.3, 0.4) is 0 Å².